The van der Waals surface area contributed by atoms with E-state index < -0.39 is 0 Å². The fraction of sp³-hybridized carbons (Fsp3) is 0.917. The molecule has 0 aromatic rings. The van der Waals surface area contributed by atoms with Crippen molar-refractivity contribution in [3.8, 4) is 0 Å². The molecule has 1 rings (SSSR count). The van der Waals surface area contributed by atoms with Gasteiger partial charge in [0.1, 0.15) is 0 Å². The molecule has 1 fully saturated rings. The maximum Gasteiger partial charge on any atom is 0.217 e. The maximum atomic E-state index is 10.5. The molecule has 0 aromatic heterocycles. The zero-order valence-corrected chi connectivity index (χ0v) is 9.96. The molecule has 88 valence electrons. The molecular weight excluding hydrogens is 188 g/mol. The molecule has 1 amide bonds. The summed E-state index contributed by atoms with van der Waals surface area (Å²) in [5, 5.41) is 3.53. The Morgan fingerprint density at radius 3 is 2.40 bits per heavy atom. The van der Waals surface area contributed by atoms with Crippen molar-refractivity contribution in [2.45, 2.75) is 52.0 Å². The van der Waals surface area contributed by atoms with E-state index in [0.29, 0.717) is 12.5 Å². The summed E-state index contributed by atoms with van der Waals surface area (Å²) in [7, 11) is 0. The first-order valence-electron chi connectivity index (χ1n) is 6.09. The van der Waals surface area contributed by atoms with E-state index in [0.717, 1.165) is 24.8 Å². The summed E-state index contributed by atoms with van der Waals surface area (Å²) in [6, 6.07) is 0.650. The Bertz CT molecular complexity index is 196. The van der Waals surface area contributed by atoms with Crippen LogP contribution in [0.5, 0.6) is 0 Å². The van der Waals surface area contributed by atoms with Crippen LogP contribution < -0.4 is 11.1 Å². The minimum atomic E-state index is -0.192. The lowest BCUT2D eigenvalue weighted by atomic mass is 9.80. The number of amides is 1. The van der Waals surface area contributed by atoms with Crippen LogP contribution in [-0.2, 0) is 4.79 Å². The Kier molecular flexibility index (Phi) is 5.09. The van der Waals surface area contributed by atoms with E-state index in [1.807, 2.05) is 0 Å². The minimum Gasteiger partial charge on any atom is -0.370 e. The third-order valence-electron chi connectivity index (χ3n) is 3.21. The van der Waals surface area contributed by atoms with E-state index in [9.17, 15) is 4.79 Å². The summed E-state index contributed by atoms with van der Waals surface area (Å²) in [6.07, 6.45) is 5.29. The van der Waals surface area contributed by atoms with Gasteiger partial charge in [0.05, 0.1) is 0 Å². The Labute approximate surface area is 92.8 Å². The van der Waals surface area contributed by atoms with Crippen molar-refractivity contribution in [2.24, 2.45) is 17.6 Å². The monoisotopic (exact) mass is 212 g/mol. The Balaban J connectivity index is 2.12. The number of nitrogens with one attached hydrogen (secondary N) is 1. The highest BCUT2D eigenvalue weighted by Gasteiger charge is 2.22. The molecule has 2 unspecified atom stereocenters. The van der Waals surface area contributed by atoms with Gasteiger partial charge in [-0.2, -0.15) is 0 Å². The average molecular weight is 212 g/mol. The summed E-state index contributed by atoms with van der Waals surface area (Å²) in [5.74, 6) is 1.48. The van der Waals surface area contributed by atoms with E-state index in [1.165, 1.54) is 19.3 Å². The van der Waals surface area contributed by atoms with Crippen LogP contribution in [0.1, 0.15) is 46.0 Å². The van der Waals surface area contributed by atoms with Crippen LogP contribution >= 0.6 is 0 Å². The first-order chi connectivity index (χ1) is 7.08. The molecule has 0 saturated heterocycles. The molecule has 3 N–H and O–H groups in total. The Morgan fingerprint density at radius 2 is 1.87 bits per heavy atom. The highest BCUT2D eigenvalue weighted by atomic mass is 16.1. The van der Waals surface area contributed by atoms with Crippen LogP contribution in [0.2, 0.25) is 0 Å². The zero-order valence-electron chi connectivity index (χ0n) is 9.96. The van der Waals surface area contributed by atoms with Gasteiger partial charge >= 0.3 is 0 Å². The van der Waals surface area contributed by atoms with Crippen molar-refractivity contribution >= 4 is 5.91 Å². The standard InChI is InChI=1S/C12H24N2O/c1-9-6-10(2)8-11(7-9)14-5-3-4-12(13)15/h9-11,14H,3-8H2,1-2H3,(H2,13,15). The van der Waals surface area contributed by atoms with E-state index in [1.54, 1.807) is 0 Å². The predicted molar refractivity (Wildman–Crippen MR) is 62.4 cm³/mol. The first-order valence-corrected chi connectivity index (χ1v) is 6.09. The smallest absolute Gasteiger partial charge is 0.217 e. The summed E-state index contributed by atoms with van der Waals surface area (Å²) in [4.78, 5) is 10.5. The Hall–Kier alpha value is -0.570. The van der Waals surface area contributed by atoms with E-state index in [2.05, 4.69) is 19.2 Å². The summed E-state index contributed by atoms with van der Waals surface area (Å²) < 4.78 is 0. The predicted octanol–water partition coefficient (Wildman–Crippen LogP) is 1.67. The molecule has 1 saturated carbocycles. The van der Waals surface area contributed by atoms with Gasteiger partial charge in [0, 0.05) is 12.5 Å². The average Bonchev–Trinajstić information content (AvgIpc) is 2.10. The van der Waals surface area contributed by atoms with Crippen LogP contribution in [0.4, 0.5) is 0 Å². The molecule has 0 spiro atoms. The number of rotatable bonds is 5. The van der Waals surface area contributed by atoms with Gasteiger partial charge in [-0.05, 0) is 44.1 Å². The van der Waals surface area contributed by atoms with Gasteiger partial charge in [0.25, 0.3) is 0 Å². The van der Waals surface area contributed by atoms with Gasteiger partial charge in [-0.3, -0.25) is 4.79 Å². The van der Waals surface area contributed by atoms with Crippen molar-refractivity contribution in [1.29, 1.82) is 0 Å². The van der Waals surface area contributed by atoms with Crippen LogP contribution in [0, 0.1) is 11.8 Å². The number of carbonyl (C=O) groups is 1. The maximum absolute atomic E-state index is 10.5. The number of hydrogen-bond donors (Lipinski definition) is 2. The summed E-state index contributed by atoms with van der Waals surface area (Å²) >= 11 is 0. The number of hydrogen-bond acceptors (Lipinski definition) is 2. The molecule has 0 aromatic carbocycles. The summed E-state index contributed by atoms with van der Waals surface area (Å²) in [5.41, 5.74) is 5.09. The normalized spacial score (nSPS) is 31.5. The van der Waals surface area contributed by atoms with Crippen molar-refractivity contribution in [1.82, 2.24) is 5.32 Å². The highest BCUT2D eigenvalue weighted by Crippen LogP contribution is 2.28. The fourth-order valence-corrected chi connectivity index (χ4v) is 2.68. The van der Waals surface area contributed by atoms with Crippen LogP contribution in [-0.4, -0.2) is 18.5 Å². The zero-order chi connectivity index (χ0) is 11.3. The molecule has 0 radical (unpaired) electrons. The number of primary amides is 1. The van der Waals surface area contributed by atoms with E-state index in [4.69, 9.17) is 5.73 Å². The number of nitrogens with two attached hydrogens (primary N) is 1. The third kappa shape index (κ3) is 5.17. The second kappa shape index (κ2) is 6.11. The molecule has 0 heterocycles. The van der Waals surface area contributed by atoms with Gasteiger partial charge in [-0.25, -0.2) is 0 Å². The molecule has 0 bridgehead atoms. The second-order valence-corrected chi connectivity index (χ2v) is 5.14. The molecule has 0 aliphatic heterocycles. The second-order valence-electron chi connectivity index (χ2n) is 5.14. The largest absolute Gasteiger partial charge is 0.370 e. The molecule has 1 aliphatic rings. The fourth-order valence-electron chi connectivity index (χ4n) is 2.68. The summed E-state index contributed by atoms with van der Waals surface area (Å²) in [6.45, 7) is 5.58. The molecule has 3 heteroatoms. The van der Waals surface area contributed by atoms with Gasteiger partial charge in [0.2, 0.25) is 5.91 Å². The van der Waals surface area contributed by atoms with E-state index in [-0.39, 0.29) is 5.91 Å². The van der Waals surface area contributed by atoms with Gasteiger partial charge in [-0.1, -0.05) is 13.8 Å². The van der Waals surface area contributed by atoms with Gasteiger partial charge in [0.15, 0.2) is 0 Å². The highest BCUT2D eigenvalue weighted by molar-refractivity contribution is 5.73. The van der Waals surface area contributed by atoms with Crippen molar-refractivity contribution in [2.75, 3.05) is 6.54 Å². The minimum absolute atomic E-state index is 0.192. The van der Waals surface area contributed by atoms with E-state index >= 15 is 0 Å². The molecule has 2 atom stereocenters. The quantitative estimate of drug-likeness (QED) is 0.681. The van der Waals surface area contributed by atoms with Crippen molar-refractivity contribution < 1.29 is 4.79 Å². The first kappa shape index (κ1) is 12.5. The lowest BCUT2D eigenvalue weighted by molar-refractivity contribution is -0.118. The Morgan fingerprint density at radius 1 is 1.27 bits per heavy atom. The molecular formula is C12H24N2O. The lowest BCUT2D eigenvalue weighted by Crippen LogP contribution is -2.37. The lowest BCUT2D eigenvalue weighted by Gasteiger charge is -2.32. The molecule has 15 heavy (non-hydrogen) atoms. The molecule has 1 aliphatic carbocycles. The number of carbonyl (C=O) groups excluding carboxylic acids is 1. The van der Waals surface area contributed by atoms with Gasteiger partial charge < -0.3 is 11.1 Å². The van der Waals surface area contributed by atoms with Crippen LogP contribution in [0.25, 0.3) is 0 Å². The van der Waals surface area contributed by atoms with Crippen LogP contribution in [0.15, 0.2) is 0 Å². The third-order valence-corrected chi connectivity index (χ3v) is 3.21. The SMILES string of the molecule is CC1CC(C)CC(NCCCC(N)=O)C1. The topological polar surface area (TPSA) is 55.1 Å². The van der Waals surface area contributed by atoms with Gasteiger partial charge in [-0.15, -0.1) is 0 Å². The molecule has 3 nitrogen and oxygen atoms in total. The van der Waals surface area contributed by atoms with Crippen molar-refractivity contribution in [3.63, 3.8) is 0 Å². The van der Waals surface area contributed by atoms with Crippen molar-refractivity contribution in [3.05, 3.63) is 0 Å². The van der Waals surface area contributed by atoms with Crippen LogP contribution in [0.3, 0.4) is 0 Å².